The summed E-state index contributed by atoms with van der Waals surface area (Å²) in [5, 5.41) is 0.200. The van der Waals surface area contributed by atoms with E-state index in [9.17, 15) is 8.42 Å². The highest BCUT2D eigenvalue weighted by molar-refractivity contribution is 8.13. The van der Waals surface area contributed by atoms with Crippen molar-refractivity contribution in [2.75, 3.05) is 19.8 Å². The summed E-state index contributed by atoms with van der Waals surface area (Å²) in [5.74, 6) is 0.871. The lowest BCUT2D eigenvalue weighted by Gasteiger charge is -2.10. The second kappa shape index (κ2) is 7.33. The molecule has 19 heavy (non-hydrogen) atoms. The fourth-order valence-electron chi connectivity index (χ4n) is 1.28. The van der Waals surface area contributed by atoms with E-state index in [0.717, 1.165) is 0 Å². The van der Waals surface area contributed by atoms with Gasteiger partial charge in [0, 0.05) is 17.3 Å². The van der Waals surface area contributed by atoms with Gasteiger partial charge in [0.1, 0.15) is 12.4 Å². The van der Waals surface area contributed by atoms with Crippen molar-refractivity contribution < 1.29 is 17.9 Å². The van der Waals surface area contributed by atoms with Crippen LogP contribution in [0.1, 0.15) is 13.8 Å². The predicted molar refractivity (Wildman–Crippen MR) is 75.6 cm³/mol. The maximum atomic E-state index is 11.1. The summed E-state index contributed by atoms with van der Waals surface area (Å²) < 4.78 is 33.0. The molecule has 0 unspecified atom stereocenters. The Labute approximate surface area is 123 Å². The van der Waals surface area contributed by atoms with E-state index in [1.54, 1.807) is 0 Å². The highest BCUT2D eigenvalue weighted by Crippen LogP contribution is 2.28. The molecule has 0 aliphatic carbocycles. The fourth-order valence-corrected chi connectivity index (χ4v) is 2.36. The van der Waals surface area contributed by atoms with Crippen molar-refractivity contribution in [3.8, 4) is 5.75 Å². The average Bonchev–Trinajstić information content (AvgIpc) is 2.28. The summed E-state index contributed by atoms with van der Waals surface area (Å²) in [7, 11) is 1.44. The molecule has 0 heterocycles. The molecule has 0 radical (unpaired) electrons. The minimum atomic E-state index is -3.77. The molecule has 4 nitrogen and oxygen atoms in total. The van der Waals surface area contributed by atoms with Gasteiger partial charge in [-0.25, -0.2) is 8.42 Å². The molecule has 1 aromatic carbocycles. The van der Waals surface area contributed by atoms with Gasteiger partial charge in [-0.05, 0) is 24.1 Å². The van der Waals surface area contributed by atoms with E-state index in [-0.39, 0.29) is 9.92 Å². The standard InChI is InChI=1S/C12H16Cl2O4S/c1-9(2)8-17-5-6-18-12-4-3-10(7-11(12)13)19(14,15)16/h3-4,7,9H,5-6,8H2,1-2H3. The molecule has 0 N–H and O–H groups in total. The minimum Gasteiger partial charge on any atom is -0.490 e. The molecule has 0 aromatic heterocycles. The van der Waals surface area contributed by atoms with Crippen LogP contribution in [0.5, 0.6) is 5.75 Å². The third-order valence-electron chi connectivity index (χ3n) is 2.12. The van der Waals surface area contributed by atoms with E-state index < -0.39 is 9.05 Å². The van der Waals surface area contributed by atoms with Crippen molar-refractivity contribution in [2.24, 2.45) is 5.92 Å². The third-order valence-corrected chi connectivity index (χ3v) is 3.77. The van der Waals surface area contributed by atoms with E-state index in [1.165, 1.54) is 18.2 Å². The van der Waals surface area contributed by atoms with Gasteiger partial charge < -0.3 is 9.47 Å². The van der Waals surface area contributed by atoms with Gasteiger partial charge in [0.15, 0.2) is 0 Å². The van der Waals surface area contributed by atoms with Crippen LogP contribution in [0, 0.1) is 5.92 Å². The molecule has 0 amide bonds. The smallest absolute Gasteiger partial charge is 0.261 e. The van der Waals surface area contributed by atoms with Gasteiger partial charge in [-0.3, -0.25) is 0 Å². The molecular weight excluding hydrogens is 311 g/mol. The summed E-state index contributed by atoms with van der Waals surface area (Å²) in [6.45, 7) is 5.58. The summed E-state index contributed by atoms with van der Waals surface area (Å²) in [6.07, 6.45) is 0. The van der Waals surface area contributed by atoms with Crippen LogP contribution in [0.25, 0.3) is 0 Å². The molecule has 0 aliphatic heterocycles. The monoisotopic (exact) mass is 326 g/mol. The molecule has 0 aliphatic rings. The number of benzene rings is 1. The molecule has 0 fully saturated rings. The van der Waals surface area contributed by atoms with Gasteiger partial charge in [-0.15, -0.1) is 0 Å². The molecule has 0 saturated heterocycles. The largest absolute Gasteiger partial charge is 0.490 e. The highest BCUT2D eigenvalue weighted by atomic mass is 35.7. The Balaban J connectivity index is 2.52. The Bertz CT molecular complexity index is 514. The molecule has 0 bridgehead atoms. The Morgan fingerprint density at radius 1 is 1.26 bits per heavy atom. The van der Waals surface area contributed by atoms with Crippen LogP contribution in [0.2, 0.25) is 5.02 Å². The van der Waals surface area contributed by atoms with E-state index in [4.69, 9.17) is 31.8 Å². The SMILES string of the molecule is CC(C)COCCOc1ccc(S(=O)(=O)Cl)cc1Cl. The number of ether oxygens (including phenoxy) is 2. The van der Waals surface area contributed by atoms with Crippen LogP contribution in [-0.2, 0) is 13.8 Å². The molecule has 0 atom stereocenters. The van der Waals surface area contributed by atoms with Crippen molar-refractivity contribution in [1.82, 2.24) is 0 Å². The molecule has 0 spiro atoms. The maximum Gasteiger partial charge on any atom is 0.261 e. The van der Waals surface area contributed by atoms with Crippen LogP contribution < -0.4 is 4.74 Å². The van der Waals surface area contributed by atoms with Crippen LogP contribution >= 0.6 is 22.3 Å². The number of hydrogen-bond acceptors (Lipinski definition) is 4. The summed E-state index contributed by atoms with van der Waals surface area (Å²) in [5.41, 5.74) is 0. The molecule has 1 rings (SSSR count). The minimum absolute atomic E-state index is 0.0532. The Kier molecular flexibility index (Phi) is 6.39. The first kappa shape index (κ1) is 16.6. The lowest BCUT2D eigenvalue weighted by Crippen LogP contribution is -2.10. The van der Waals surface area contributed by atoms with Crippen molar-refractivity contribution in [3.63, 3.8) is 0 Å². The second-order valence-electron chi connectivity index (χ2n) is 4.35. The van der Waals surface area contributed by atoms with Crippen LogP contribution in [0.4, 0.5) is 0 Å². The van der Waals surface area contributed by atoms with Gasteiger partial charge in [0.05, 0.1) is 16.5 Å². The van der Waals surface area contributed by atoms with E-state index >= 15 is 0 Å². The highest BCUT2D eigenvalue weighted by Gasteiger charge is 2.12. The summed E-state index contributed by atoms with van der Waals surface area (Å²) in [6, 6.07) is 4.08. The molecule has 1 aromatic rings. The molecule has 0 saturated carbocycles. The quantitative estimate of drug-likeness (QED) is 0.569. The fraction of sp³-hybridized carbons (Fsp3) is 0.500. The van der Waals surface area contributed by atoms with Crippen molar-refractivity contribution in [3.05, 3.63) is 23.2 Å². The molecule has 108 valence electrons. The van der Waals surface area contributed by atoms with Crippen LogP contribution in [0.15, 0.2) is 23.1 Å². The zero-order chi connectivity index (χ0) is 14.5. The maximum absolute atomic E-state index is 11.1. The lowest BCUT2D eigenvalue weighted by molar-refractivity contribution is 0.0819. The first-order valence-electron chi connectivity index (χ1n) is 5.75. The van der Waals surface area contributed by atoms with Gasteiger partial charge in [0.25, 0.3) is 9.05 Å². The lowest BCUT2D eigenvalue weighted by atomic mass is 10.2. The number of rotatable bonds is 7. The van der Waals surface area contributed by atoms with Crippen LogP contribution in [0.3, 0.4) is 0 Å². The zero-order valence-electron chi connectivity index (χ0n) is 10.7. The van der Waals surface area contributed by atoms with Gasteiger partial charge in [0.2, 0.25) is 0 Å². The van der Waals surface area contributed by atoms with E-state index in [1.807, 2.05) is 0 Å². The molecular formula is C12H16Cl2O4S. The number of halogens is 2. The Morgan fingerprint density at radius 3 is 2.47 bits per heavy atom. The van der Waals surface area contributed by atoms with E-state index in [2.05, 4.69) is 13.8 Å². The second-order valence-corrected chi connectivity index (χ2v) is 7.32. The van der Waals surface area contributed by atoms with Gasteiger partial charge >= 0.3 is 0 Å². The van der Waals surface area contributed by atoms with Crippen molar-refractivity contribution in [2.45, 2.75) is 18.7 Å². The molecule has 7 heteroatoms. The Hall–Kier alpha value is -0.490. The van der Waals surface area contributed by atoms with E-state index in [0.29, 0.717) is 31.5 Å². The predicted octanol–water partition coefficient (Wildman–Crippen LogP) is 3.32. The topological polar surface area (TPSA) is 52.6 Å². The summed E-state index contributed by atoms with van der Waals surface area (Å²) in [4.78, 5) is -0.0532. The average molecular weight is 327 g/mol. The number of hydrogen-bond donors (Lipinski definition) is 0. The van der Waals surface area contributed by atoms with Gasteiger partial charge in [-0.2, -0.15) is 0 Å². The third kappa shape index (κ3) is 5.99. The normalized spacial score (nSPS) is 11.8. The van der Waals surface area contributed by atoms with Crippen LogP contribution in [-0.4, -0.2) is 28.2 Å². The first-order valence-corrected chi connectivity index (χ1v) is 8.44. The summed E-state index contributed by atoms with van der Waals surface area (Å²) >= 11 is 5.91. The first-order chi connectivity index (χ1) is 8.80. The van der Waals surface area contributed by atoms with Gasteiger partial charge in [-0.1, -0.05) is 25.4 Å². The van der Waals surface area contributed by atoms with Crippen molar-refractivity contribution in [1.29, 1.82) is 0 Å². The Morgan fingerprint density at radius 2 is 1.95 bits per heavy atom. The zero-order valence-corrected chi connectivity index (χ0v) is 13.1. The van der Waals surface area contributed by atoms with Crippen molar-refractivity contribution >= 4 is 31.3 Å².